The van der Waals surface area contributed by atoms with Gasteiger partial charge in [0.15, 0.2) is 0 Å². The van der Waals surface area contributed by atoms with Gasteiger partial charge in [-0.25, -0.2) is 5.01 Å². The minimum atomic E-state index is -0.477. The summed E-state index contributed by atoms with van der Waals surface area (Å²) in [4.78, 5) is 37.0. The fourth-order valence-corrected chi connectivity index (χ4v) is 4.36. The van der Waals surface area contributed by atoms with Crippen LogP contribution in [0.15, 0.2) is 42.5 Å². The van der Waals surface area contributed by atoms with Crippen LogP contribution in [0.4, 0.5) is 5.69 Å². The smallest absolute Gasteiger partial charge is 0.273 e. The first-order valence-electron chi connectivity index (χ1n) is 9.39. The van der Waals surface area contributed by atoms with Gasteiger partial charge in [-0.2, -0.15) is 0 Å². The summed E-state index contributed by atoms with van der Waals surface area (Å²) in [7, 11) is 0. The number of carbonyl (C=O) groups is 3. The third-order valence-electron chi connectivity index (χ3n) is 4.38. The molecular weight excluding hydrogens is 426 g/mol. The number of thioether (sulfide) groups is 1. The molecule has 0 spiro atoms. The standard InChI is InChI=1S/C21H22ClN3O4S/c1-4-29-18-11-16(23-13(3)26)9-10-17(18)19(27)24-25-20(28)12(2)30-21(25)14-5-7-15(22)8-6-14/h5-12,21H,4H2,1-3H3,(H,23,26)(H,24,27). The van der Waals surface area contributed by atoms with E-state index in [0.29, 0.717) is 23.1 Å². The predicted molar refractivity (Wildman–Crippen MR) is 117 cm³/mol. The Hall–Kier alpha value is -2.71. The van der Waals surface area contributed by atoms with Crippen LogP contribution < -0.4 is 15.5 Å². The molecule has 2 aromatic rings. The minimum Gasteiger partial charge on any atom is -0.493 e. The maximum absolute atomic E-state index is 13.0. The van der Waals surface area contributed by atoms with E-state index in [9.17, 15) is 14.4 Å². The van der Waals surface area contributed by atoms with Crippen LogP contribution in [0.2, 0.25) is 5.02 Å². The maximum Gasteiger partial charge on any atom is 0.273 e. The van der Waals surface area contributed by atoms with Crippen LogP contribution in [0.1, 0.15) is 42.1 Å². The number of amides is 3. The number of hydrogen-bond acceptors (Lipinski definition) is 5. The van der Waals surface area contributed by atoms with Crippen molar-refractivity contribution in [1.82, 2.24) is 10.4 Å². The zero-order chi connectivity index (χ0) is 21.8. The summed E-state index contributed by atoms with van der Waals surface area (Å²) < 4.78 is 5.58. The SMILES string of the molecule is CCOc1cc(NC(C)=O)ccc1C(=O)NN1C(=O)C(C)SC1c1ccc(Cl)cc1. The second kappa shape index (κ2) is 9.40. The Bertz CT molecular complexity index is 967. The highest BCUT2D eigenvalue weighted by atomic mass is 35.5. The van der Waals surface area contributed by atoms with E-state index in [1.807, 2.05) is 12.1 Å². The Morgan fingerprint density at radius 2 is 1.90 bits per heavy atom. The molecule has 1 saturated heterocycles. The second-order valence-electron chi connectivity index (χ2n) is 6.66. The molecule has 1 aliphatic rings. The molecule has 1 aliphatic heterocycles. The molecule has 0 aliphatic carbocycles. The van der Waals surface area contributed by atoms with E-state index >= 15 is 0 Å². The monoisotopic (exact) mass is 447 g/mol. The molecular formula is C21H22ClN3O4S. The van der Waals surface area contributed by atoms with Crippen molar-refractivity contribution in [2.45, 2.75) is 31.4 Å². The van der Waals surface area contributed by atoms with E-state index in [2.05, 4.69) is 10.7 Å². The normalized spacial score (nSPS) is 18.3. The molecule has 1 heterocycles. The van der Waals surface area contributed by atoms with E-state index in [1.54, 1.807) is 44.2 Å². The van der Waals surface area contributed by atoms with Crippen molar-refractivity contribution in [3.63, 3.8) is 0 Å². The van der Waals surface area contributed by atoms with Crippen molar-refractivity contribution in [1.29, 1.82) is 0 Å². The number of nitrogens with one attached hydrogen (secondary N) is 2. The lowest BCUT2D eigenvalue weighted by Crippen LogP contribution is -2.45. The Morgan fingerprint density at radius 3 is 2.53 bits per heavy atom. The Morgan fingerprint density at radius 1 is 1.20 bits per heavy atom. The molecule has 0 saturated carbocycles. The van der Waals surface area contributed by atoms with Gasteiger partial charge < -0.3 is 10.1 Å². The molecule has 2 aromatic carbocycles. The topological polar surface area (TPSA) is 87.7 Å². The van der Waals surface area contributed by atoms with E-state index in [4.69, 9.17) is 16.3 Å². The molecule has 3 amide bonds. The van der Waals surface area contributed by atoms with Gasteiger partial charge in [0.1, 0.15) is 11.1 Å². The van der Waals surface area contributed by atoms with Gasteiger partial charge in [0, 0.05) is 23.7 Å². The van der Waals surface area contributed by atoms with Gasteiger partial charge in [-0.05, 0) is 43.7 Å². The molecule has 2 atom stereocenters. The van der Waals surface area contributed by atoms with Crippen molar-refractivity contribution in [2.24, 2.45) is 0 Å². The zero-order valence-corrected chi connectivity index (χ0v) is 18.3. The van der Waals surface area contributed by atoms with Crippen molar-refractivity contribution >= 4 is 46.8 Å². The first-order chi connectivity index (χ1) is 14.3. The summed E-state index contributed by atoms with van der Waals surface area (Å²) in [5, 5.41) is 3.92. The highest BCUT2D eigenvalue weighted by Crippen LogP contribution is 2.42. The molecule has 0 radical (unpaired) electrons. The Balaban J connectivity index is 1.86. The number of rotatable bonds is 6. The van der Waals surface area contributed by atoms with E-state index in [1.165, 1.54) is 23.7 Å². The molecule has 0 aromatic heterocycles. The molecule has 1 fully saturated rings. The van der Waals surface area contributed by atoms with Gasteiger partial charge in [-0.3, -0.25) is 19.8 Å². The minimum absolute atomic E-state index is 0.193. The van der Waals surface area contributed by atoms with Gasteiger partial charge in [0.25, 0.3) is 11.8 Å². The first-order valence-corrected chi connectivity index (χ1v) is 10.7. The van der Waals surface area contributed by atoms with Crippen LogP contribution >= 0.6 is 23.4 Å². The number of nitrogens with zero attached hydrogens (tertiary/aromatic N) is 1. The van der Waals surface area contributed by atoms with Crippen molar-refractivity contribution in [3.05, 3.63) is 58.6 Å². The number of hydrazine groups is 1. The van der Waals surface area contributed by atoms with Crippen molar-refractivity contribution in [2.75, 3.05) is 11.9 Å². The molecule has 2 unspecified atom stereocenters. The molecule has 7 nitrogen and oxygen atoms in total. The molecule has 3 rings (SSSR count). The van der Waals surface area contributed by atoms with Crippen LogP contribution in [0, 0.1) is 0 Å². The Labute approximate surface area is 184 Å². The third-order valence-corrected chi connectivity index (χ3v) is 5.98. The average molecular weight is 448 g/mol. The molecule has 2 N–H and O–H groups in total. The van der Waals surface area contributed by atoms with Gasteiger partial charge in [-0.1, -0.05) is 23.7 Å². The van der Waals surface area contributed by atoms with Crippen molar-refractivity contribution in [3.8, 4) is 5.75 Å². The lowest BCUT2D eigenvalue weighted by atomic mass is 10.1. The maximum atomic E-state index is 13.0. The van der Waals surface area contributed by atoms with Crippen LogP contribution in [0.5, 0.6) is 5.75 Å². The molecule has 0 bridgehead atoms. The number of benzene rings is 2. The molecule has 30 heavy (non-hydrogen) atoms. The summed E-state index contributed by atoms with van der Waals surface area (Å²) in [5.74, 6) is -0.582. The highest BCUT2D eigenvalue weighted by Gasteiger charge is 2.40. The van der Waals surface area contributed by atoms with Gasteiger partial charge in [0.05, 0.1) is 17.4 Å². The van der Waals surface area contributed by atoms with Crippen LogP contribution in [0.25, 0.3) is 0 Å². The van der Waals surface area contributed by atoms with Crippen LogP contribution in [0.3, 0.4) is 0 Å². The third kappa shape index (κ3) is 4.88. The van der Waals surface area contributed by atoms with Crippen LogP contribution in [-0.4, -0.2) is 34.6 Å². The number of hydrogen-bond donors (Lipinski definition) is 2. The zero-order valence-electron chi connectivity index (χ0n) is 16.8. The van der Waals surface area contributed by atoms with Crippen LogP contribution in [-0.2, 0) is 9.59 Å². The predicted octanol–water partition coefficient (Wildman–Crippen LogP) is 4.00. The summed E-state index contributed by atoms with van der Waals surface area (Å²) >= 11 is 7.41. The van der Waals surface area contributed by atoms with Gasteiger partial charge >= 0.3 is 0 Å². The van der Waals surface area contributed by atoms with E-state index in [-0.39, 0.29) is 28.0 Å². The number of halogens is 1. The average Bonchev–Trinajstić information content (AvgIpc) is 2.97. The van der Waals surface area contributed by atoms with Gasteiger partial charge in [0.2, 0.25) is 5.91 Å². The Kier molecular flexibility index (Phi) is 6.89. The summed E-state index contributed by atoms with van der Waals surface area (Å²) in [5.41, 5.74) is 4.36. The number of anilines is 1. The lowest BCUT2D eigenvalue weighted by molar-refractivity contribution is -0.132. The highest BCUT2D eigenvalue weighted by molar-refractivity contribution is 8.01. The van der Waals surface area contributed by atoms with E-state index in [0.717, 1.165) is 5.56 Å². The fourth-order valence-electron chi connectivity index (χ4n) is 3.03. The summed E-state index contributed by atoms with van der Waals surface area (Å²) in [6, 6.07) is 11.9. The fraction of sp³-hybridized carbons (Fsp3) is 0.286. The summed E-state index contributed by atoms with van der Waals surface area (Å²) in [6.07, 6.45) is 0. The largest absolute Gasteiger partial charge is 0.493 e. The quantitative estimate of drug-likeness (QED) is 0.698. The van der Waals surface area contributed by atoms with E-state index < -0.39 is 5.91 Å². The molecule has 9 heteroatoms. The lowest BCUT2D eigenvalue weighted by Gasteiger charge is -2.25. The van der Waals surface area contributed by atoms with Gasteiger partial charge in [-0.15, -0.1) is 11.8 Å². The first kappa shape index (κ1) is 22.0. The molecule has 158 valence electrons. The second-order valence-corrected chi connectivity index (χ2v) is 8.52. The van der Waals surface area contributed by atoms with Crippen molar-refractivity contribution < 1.29 is 19.1 Å². The number of ether oxygens (including phenoxy) is 1. The summed E-state index contributed by atoms with van der Waals surface area (Å²) in [6.45, 7) is 5.34. The number of carbonyl (C=O) groups excluding carboxylic acids is 3.